The number of nitrogens with one attached hydrogen (secondary N) is 1. The van der Waals surface area contributed by atoms with E-state index in [1.807, 2.05) is 13.8 Å². The average molecular weight is 177 g/mol. The molecule has 0 aliphatic carbocycles. The summed E-state index contributed by atoms with van der Waals surface area (Å²) in [4.78, 5) is 10.7. The lowest BCUT2D eigenvalue weighted by Gasteiger charge is -2.04. The summed E-state index contributed by atoms with van der Waals surface area (Å²) in [6, 6.07) is 0.116. The van der Waals surface area contributed by atoms with Gasteiger partial charge < -0.3 is 0 Å². The smallest absolute Gasteiger partial charge is 0.147 e. The van der Waals surface area contributed by atoms with E-state index in [4.69, 9.17) is 0 Å². The fourth-order valence-electron chi connectivity index (χ4n) is 0.855. The average Bonchev–Trinajstić information content (AvgIpc) is 2.40. The standard InChI is InChI=1S/C6H11NOS.C2H6.H2/c1-4(8)6-3-9-5(2)7-6;1-2;/h5-7H,3H2,1-2H3;1-2H3;1H. The van der Waals surface area contributed by atoms with Crippen LogP contribution < -0.4 is 5.32 Å². The Labute approximate surface area is 74.6 Å². The summed E-state index contributed by atoms with van der Waals surface area (Å²) < 4.78 is 0. The Kier molecular flexibility index (Phi) is 5.60. The Morgan fingerprint density at radius 1 is 1.64 bits per heavy atom. The van der Waals surface area contributed by atoms with Crippen molar-refractivity contribution in [1.82, 2.24) is 5.32 Å². The Hall–Kier alpha value is -0.0200. The van der Waals surface area contributed by atoms with Crippen LogP contribution in [0.3, 0.4) is 0 Å². The van der Waals surface area contributed by atoms with Crippen LogP contribution in [0.1, 0.15) is 29.1 Å². The van der Waals surface area contributed by atoms with Crippen molar-refractivity contribution in [2.45, 2.75) is 39.1 Å². The number of carbonyl (C=O) groups is 1. The summed E-state index contributed by atoms with van der Waals surface area (Å²) in [5, 5.41) is 3.62. The maximum Gasteiger partial charge on any atom is 0.147 e. The minimum absolute atomic E-state index is 0. The molecular formula is C8H19NOS. The molecule has 0 aromatic heterocycles. The van der Waals surface area contributed by atoms with E-state index in [1.54, 1.807) is 18.7 Å². The molecule has 0 saturated carbocycles. The van der Waals surface area contributed by atoms with Crippen LogP contribution in [-0.2, 0) is 4.79 Å². The van der Waals surface area contributed by atoms with E-state index >= 15 is 0 Å². The molecule has 1 N–H and O–H groups in total. The van der Waals surface area contributed by atoms with Crippen LogP contribution in [-0.4, -0.2) is 23.0 Å². The third kappa shape index (κ3) is 3.77. The molecule has 1 heterocycles. The maximum absolute atomic E-state index is 10.7. The van der Waals surface area contributed by atoms with Crippen LogP contribution in [0.15, 0.2) is 0 Å². The molecule has 0 bridgehead atoms. The zero-order chi connectivity index (χ0) is 8.85. The number of Topliss-reactive ketones (excluding diaryl/α,β-unsaturated/α-hetero) is 1. The Bertz CT molecular complexity index is 132. The zero-order valence-corrected chi connectivity index (χ0v) is 8.49. The van der Waals surface area contributed by atoms with E-state index in [1.165, 1.54) is 0 Å². The Balaban J connectivity index is 0. The molecule has 1 aliphatic heterocycles. The second-order valence-corrected chi connectivity index (χ2v) is 3.68. The molecule has 0 amide bonds. The van der Waals surface area contributed by atoms with E-state index in [0.717, 1.165) is 5.75 Å². The van der Waals surface area contributed by atoms with Crippen LogP contribution in [0.5, 0.6) is 0 Å². The number of ketones is 1. The number of carbonyl (C=O) groups excluding carboxylic acids is 1. The van der Waals surface area contributed by atoms with Crippen LogP contribution in [0, 0.1) is 0 Å². The van der Waals surface area contributed by atoms with Gasteiger partial charge in [0, 0.05) is 7.18 Å². The molecule has 1 rings (SSSR count). The molecule has 1 aliphatic rings. The van der Waals surface area contributed by atoms with Gasteiger partial charge in [0.25, 0.3) is 0 Å². The third-order valence-corrected chi connectivity index (χ3v) is 2.60. The summed E-state index contributed by atoms with van der Waals surface area (Å²) >= 11 is 1.80. The van der Waals surface area contributed by atoms with Gasteiger partial charge in [0.05, 0.1) is 11.4 Å². The van der Waals surface area contributed by atoms with Gasteiger partial charge in [-0.2, -0.15) is 0 Å². The number of hydrogen-bond donors (Lipinski definition) is 1. The summed E-state index contributed by atoms with van der Waals surface area (Å²) in [6.45, 7) is 7.71. The van der Waals surface area contributed by atoms with Gasteiger partial charge in [-0.15, -0.1) is 11.8 Å². The minimum Gasteiger partial charge on any atom is -0.298 e. The van der Waals surface area contributed by atoms with E-state index in [9.17, 15) is 4.79 Å². The fourth-order valence-corrected chi connectivity index (χ4v) is 1.93. The molecule has 1 saturated heterocycles. The first-order chi connectivity index (χ1) is 5.20. The van der Waals surface area contributed by atoms with Crippen molar-refractivity contribution < 1.29 is 6.22 Å². The lowest BCUT2D eigenvalue weighted by Crippen LogP contribution is -2.33. The molecule has 3 heteroatoms. The summed E-state index contributed by atoms with van der Waals surface area (Å²) in [5.41, 5.74) is 0. The fraction of sp³-hybridized carbons (Fsp3) is 0.875. The Morgan fingerprint density at radius 3 is 2.36 bits per heavy atom. The zero-order valence-electron chi connectivity index (χ0n) is 7.68. The first-order valence-corrected chi connectivity index (χ1v) is 5.13. The highest BCUT2D eigenvalue weighted by Gasteiger charge is 2.23. The second kappa shape index (κ2) is 5.61. The lowest BCUT2D eigenvalue weighted by atomic mass is 10.2. The molecular weight excluding hydrogens is 158 g/mol. The quantitative estimate of drug-likeness (QED) is 0.663. The van der Waals surface area contributed by atoms with Gasteiger partial charge in [-0.25, -0.2) is 0 Å². The van der Waals surface area contributed by atoms with Crippen molar-refractivity contribution in [3.63, 3.8) is 0 Å². The first kappa shape index (κ1) is 11.0. The first-order valence-electron chi connectivity index (χ1n) is 4.08. The molecule has 0 spiro atoms. The van der Waals surface area contributed by atoms with Crippen molar-refractivity contribution >= 4 is 17.5 Å². The highest BCUT2D eigenvalue weighted by molar-refractivity contribution is 8.00. The molecule has 2 nitrogen and oxygen atoms in total. The molecule has 2 atom stereocenters. The predicted octanol–water partition coefficient (Wildman–Crippen LogP) is 1.90. The number of hydrogen-bond acceptors (Lipinski definition) is 3. The van der Waals surface area contributed by atoms with Crippen LogP contribution in [0.2, 0.25) is 0 Å². The summed E-state index contributed by atoms with van der Waals surface area (Å²) in [7, 11) is 0. The second-order valence-electron chi connectivity index (χ2n) is 2.31. The topological polar surface area (TPSA) is 29.1 Å². The van der Waals surface area contributed by atoms with Crippen molar-refractivity contribution in [2.24, 2.45) is 0 Å². The predicted molar refractivity (Wildman–Crippen MR) is 53.0 cm³/mol. The maximum atomic E-state index is 10.7. The summed E-state index contributed by atoms with van der Waals surface area (Å²) in [6.07, 6.45) is 0. The largest absolute Gasteiger partial charge is 0.298 e. The van der Waals surface area contributed by atoms with Crippen molar-refractivity contribution in [2.75, 3.05) is 5.75 Å². The van der Waals surface area contributed by atoms with Gasteiger partial charge >= 0.3 is 0 Å². The van der Waals surface area contributed by atoms with Crippen LogP contribution in [0.4, 0.5) is 0 Å². The van der Waals surface area contributed by atoms with Gasteiger partial charge in [-0.05, 0) is 13.8 Å². The van der Waals surface area contributed by atoms with Gasteiger partial charge in [-0.1, -0.05) is 13.8 Å². The minimum atomic E-state index is 0. The lowest BCUT2D eigenvalue weighted by molar-refractivity contribution is -0.118. The van der Waals surface area contributed by atoms with E-state index in [-0.39, 0.29) is 13.3 Å². The summed E-state index contributed by atoms with van der Waals surface area (Å²) in [5.74, 6) is 1.20. The molecule has 0 aromatic rings. The highest BCUT2D eigenvalue weighted by atomic mass is 32.2. The van der Waals surface area contributed by atoms with Crippen molar-refractivity contribution in [3.05, 3.63) is 0 Å². The third-order valence-electron chi connectivity index (χ3n) is 1.44. The van der Waals surface area contributed by atoms with Crippen LogP contribution >= 0.6 is 11.8 Å². The number of thioether (sulfide) groups is 1. The van der Waals surface area contributed by atoms with E-state index < -0.39 is 0 Å². The van der Waals surface area contributed by atoms with Crippen molar-refractivity contribution in [3.8, 4) is 0 Å². The van der Waals surface area contributed by atoms with E-state index in [2.05, 4.69) is 12.2 Å². The van der Waals surface area contributed by atoms with Gasteiger partial charge in [0.15, 0.2) is 0 Å². The van der Waals surface area contributed by atoms with Crippen LogP contribution in [0.25, 0.3) is 0 Å². The van der Waals surface area contributed by atoms with Crippen molar-refractivity contribution in [1.29, 1.82) is 0 Å². The Morgan fingerprint density at radius 2 is 2.18 bits per heavy atom. The van der Waals surface area contributed by atoms with E-state index in [0.29, 0.717) is 5.37 Å². The molecule has 1 fully saturated rings. The molecule has 11 heavy (non-hydrogen) atoms. The monoisotopic (exact) mass is 177 g/mol. The molecule has 0 aromatic carbocycles. The molecule has 0 radical (unpaired) electrons. The van der Waals surface area contributed by atoms with Gasteiger partial charge in [0.1, 0.15) is 5.78 Å². The molecule has 2 unspecified atom stereocenters. The SMILES string of the molecule is CC.CC(=O)C1CSC(C)N1.[HH]. The molecule has 68 valence electrons. The van der Waals surface area contributed by atoms with Gasteiger partial charge in [-0.3, -0.25) is 10.1 Å². The number of rotatable bonds is 1. The normalized spacial score (nSPS) is 29.1. The highest BCUT2D eigenvalue weighted by Crippen LogP contribution is 2.17. The van der Waals surface area contributed by atoms with Gasteiger partial charge in [0.2, 0.25) is 0 Å².